The molecule has 0 spiro atoms. The molecule has 3 rings (SSSR count). The Morgan fingerprint density at radius 1 is 1.19 bits per heavy atom. The zero-order valence-electron chi connectivity index (χ0n) is 11.1. The van der Waals surface area contributed by atoms with Crippen molar-refractivity contribution in [1.82, 2.24) is 9.97 Å². The minimum atomic E-state index is 0.249. The van der Waals surface area contributed by atoms with Crippen molar-refractivity contribution < 1.29 is 4.74 Å². The highest BCUT2D eigenvalue weighted by molar-refractivity contribution is 7.16. The fourth-order valence-electron chi connectivity index (χ4n) is 1.91. The molecule has 0 fully saturated rings. The first kappa shape index (κ1) is 14.4. The summed E-state index contributed by atoms with van der Waals surface area (Å²) in [7, 11) is 1.83. The van der Waals surface area contributed by atoms with E-state index in [9.17, 15) is 0 Å². The molecule has 21 heavy (non-hydrogen) atoms. The van der Waals surface area contributed by atoms with Gasteiger partial charge in [0.15, 0.2) is 5.82 Å². The lowest BCUT2D eigenvalue weighted by Crippen LogP contribution is -2.04. The Kier molecular flexibility index (Phi) is 4.14. The van der Waals surface area contributed by atoms with Gasteiger partial charge in [-0.25, -0.2) is 9.97 Å². The van der Waals surface area contributed by atoms with Crippen LogP contribution in [0.2, 0.25) is 10.0 Å². The summed E-state index contributed by atoms with van der Waals surface area (Å²) in [4.78, 5) is 9.85. The molecule has 4 nitrogen and oxygen atoms in total. The van der Waals surface area contributed by atoms with Crippen molar-refractivity contribution in [2.75, 3.05) is 12.4 Å². The zero-order valence-corrected chi connectivity index (χ0v) is 13.4. The first-order chi connectivity index (χ1) is 10.2. The Bertz CT molecular complexity index is 771. The maximum Gasteiger partial charge on any atom is 0.169 e. The number of halogens is 2. The lowest BCUT2D eigenvalue weighted by molar-refractivity contribution is 0.296. The smallest absolute Gasteiger partial charge is 0.169 e. The van der Waals surface area contributed by atoms with Crippen LogP contribution in [0.25, 0.3) is 10.2 Å². The summed E-state index contributed by atoms with van der Waals surface area (Å²) in [6.07, 6.45) is 0. The molecule has 1 N–H and O–H groups in total. The Labute approximate surface area is 135 Å². The maximum absolute atomic E-state index is 5.94. The number of nitrogens with zero attached hydrogens (tertiary/aromatic N) is 2. The van der Waals surface area contributed by atoms with Gasteiger partial charge in [-0.05, 0) is 29.6 Å². The monoisotopic (exact) mass is 339 g/mol. The van der Waals surface area contributed by atoms with Gasteiger partial charge in [0.2, 0.25) is 0 Å². The van der Waals surface area contributed by atoms with E-state index in [1.54, 1.807) is 29.5 Å². The molecule has 0 saturated heterocycles. The Morgan fingerprint density at radius 3 is 2.67 bits per heavy atom. The van der Waals surface area contributed by atoms with Gasteiger partial charge in [0.05, 0.1) is 5.39 Å². The Morgan fingerprint density at radius 2 is 1.95 bits per heavy atom. The van der Waals surface area contributed by atoms with Crippen LogP contribution >= 0.6 is 34.5 Å². The van der Waals surface area contributed by atoms with Crippen LogP contribution in [-0.2, 0) is 6.61 Å². The average Bonchev–Trinajstić information content (AvgIpc) is 2.91. The van der Waals surface area contributed by atoms with Gasteiger partial charge in [-0.3, -0.25) is 0 Å². The van der Waals surface area contributed by atoms with Crippen LogP contribution in [0.15, 0.2) is 29.6 Å². The Balaban J connectivity index is 1.84. The number of rotatable bonds is 4. The highest BCUT2D eigenvalue weighted by Gasteiger charge is 2.08. The molecule has 3 aromatic rings. The standard InChI is InChI=1S/C14H11Cl2N3OS/c1-17-13-11-2-3-21-14(11)19-12(18-13)7-20-10-5-8(15)4-9(16)6-10/h2-6H,7H2,1H3,(H,17,18,19). The van der Waals surface area contributed by atoms with Crippen molar-refractivity contribution in [1.29, 1.82) is 0 Å². The highest BCUT2D eigenvalue weighted by atomic mass is 35.5. The first-order valence-electron chi connectivity index (χ1n) is 6.16. The van der Waals surface area contributed by atoms with Crippen molar-refractivity contribution in [3.63, 3.8) is 0 Å². The number of ether oxygens (including phenoxy) is 1. The minimum Gasteiger partial charge on any atom is -0.486 e. The molecule has 0 amide bonds. The van der Waals surface area contributed by atoms with Crippen LogP contribution in [0.5, 0.6) is 5.75 Å². The third kappa shape index (κ3) is 3.20. The van der Waals surface area contributed by atoms with Crippen LogP contribution in [0, 0.1) is 0 Å². The molecule has 0 bridgehead atoms. The van der Waals surface area contributed by atoms with E-state index >= 15 is 0 Å². The molecule has 2 heterocycles. The molecule has 108 valence electrons. The summed E-state index contributed by atoms with van der Waals surface area (Å²) in [6, 6.07) is 7.06. The van der Waals surface area contributed by atoms with Crippen molar-refractivity contribution in [3.05, 3.63) is 45.5 Å². The quantitative estimate of drug-likeness (QED) is 0.753. The fourth-order valence-corrected chi connectivity index (χ4v) is 3.20. The van der Waals surface area contributed by atoms with Gasteiger partial charge in [-0.1, -0.05) is 23.2 Å². The minimum absolute atomic E-state index is 0.249. The van der Waals surface area contributed by atoms with E-state index in [4.69, 9.17) is 27.9 Å². The van der Waals surface area contributed by atoms with E-state index < -0.39 is 0 Å². The molecular weight excluding hydrogens is 329 g/mol. The second kappa shape index (κ2) is 6.05. The SMILES string of the molecule is CNc1nc(COc2cc(Cl)cc(Cl)c2)nc2sccc12. The number of aromatic nitrogens is 2. The molecule has 0 aliphatic rings. The topological polar surface area (TPSA) is 47.0 Å². The number of benzene rings is 1. The summed E-state index contributed by atoms with van der Waals surface area (Å²) in [5, 5.41) is 7.13. The van der Waals surface area contributed by atoms with E-state index in [1.807, 2.05) is 18.5 Å². The van der Waals surface area contributed by atoms with Crippen LogP contribution < -0.4 is 10.1 Å². The zero-order chi connectivity index (χ0) is 14.8. The van der Waals surface area contributed by atoms with Crippen LogP contribution in [-0.4, -0.2) is 17.0 Å². The lowest BCUT2D eigenvalue weighted by atomic mass is 10.3. The number of fused-ring (bicyclic) bond motifs is 1. The summed E-state index contributed by atoms with van der Waals surface area (Å²) >= 11 is 13.4. The van der Waals surface area contributed by atoms with E-state index in [-0.39, 0.29) is 6.61 Å². The molecule has 0 aliphatic carbocycles. The lowest BCUT2D eigenvalue weighted by Gasteiger charge is -2.08. The third-order valence-corrected chi connectivity index (χ3v) is 4.06. The second-order valence-corrected chi connectivity index (χ2v) is 6.04. The number of hydrogen-bond donors (Lipinski definition) is 1. The Hall–Kier alpha value is -1.56. The normalized spacial score (nSPS) is 10.8. The predicted octanol–water partition coefficient (Wildman–Crippen LogP) is 4.62. The van der Waals surface area contributed by atoms with E-state index in [0.29, 0.717) is 21.6 Å². The second-order valence-electron chi connectivity index (χ2n) is 4.27. The maximum atomic E-state index is 5.94. The predicted molar refractivity (Wildman–Crippen MR) is 87.8 cm³/mol. The molecule has 7 heteroatoms. The number of hydrogen-bond acceptors (Lipinski definition) is 5. The largest absolute Gasteiger partial charge is 0.486 e. The van der Waals surface area contributed by atoms with E-state index in [0.717, 1.165) is 16.0 Å². The highest BCUT2D eigenvalue weighted by Crippen LogP contribution is 2.27. The van der Waals surface area contributed by atoms with Crippen LogP contribution in [0.4, 0.5) is 5.82 Å². The molecule has 2 aromatic heterocycles. The molecule has 0 atom stereocenters. The van der Waals surface area contributed by atoms with Crippen molar-refractivity contribution >= 4 is 50.6 Å². The van der Waals surface area contributed by atoms with Gasteiger partial charge < -0.3 is 10.1 Å². The molecule has 0 unspecified atom stereocenters. The summed E-state index contributed by atoms with van der Waals surface area (Å²) < 4.78 is 5.66. The van der Waals surface area contributed by atoms with Crippen molar-refractivity contribution in [3.8, 4) is 5.75 Å². The molecule has 1 aromatic carbocycles. The van der Waals surface area contributed by atoms with Gasteiger partial charge in [-0.15, -0.1) is 11.3 Å². The number of thiophene rings is 1. The van der Waals surface area contributed by atoms with Gasteiger partial charge in [0.1, 0.15) is 23.0 Å². The summed E-state index contributed by atoms with van der Waals surface area (Å²) in [5.74, 6) is 1.99. The molecule has 0 saturated carbocycles. The number of anilines is 1. The van der Waals surface area contributed by atoms with Crippen molar-refractivity contribution in [2.45, 2.75) is 6.61 Å². The van der Waals surface area contributed by atoms with Crippen LogP contribution in [0.3, 0.4) is 0 Å². The summed E-state index contributed by atoms with van der Waals surface area (Å²) in [5.41, 5.74) is 0. The van der Waals surface area contributed by atoms with Gasteiger partial charge in [0.25, 0.3) is 0 Å². The summed E-state index contributed by atoms with van der Waals surface area (Å²) in [6.45, 7) is 0.249. The van der Waals surface area contributed by atoms with Gasteiger partial charge in [-0.2, -0.15) is 0 Å². The fraction of sp³-hybridized carbons (Fsp3) is 0.143. The van der Waals surface area contributed by atoms with E-state index in [1.165, 1.54) is 0 Å². The first-order valence-corrected chi connectivity index (χ1v) is 7.80. The van der Waals surface area contributed by atoms with E-state index in [2.05, 4.69) is 15.3 Å². The average molecular weight is 340 g/mol. The number of nitrogens with one attached hydrogen (secondary N) is 1. The van der Waals surface area contributed by atoms with Crippen LogP contribution in [0.1, 0.15) is 5.82 Å². The molecule has 0 radical (unpaired) electrons. The molecular formula is C14H11Cl2N3OS. The third-order valence-electron chi connectivity index (χ3n) is 2.81. The van der Waals surface area contributed by atoms with Crippen molar-refractivity contribution in [2.24, 2.45) is 0 Å². The molecule has 0 aliphatic heterocycles. The van der Waals surface area contributed by atoms with Gasteiger partial charge in [0, 0.05) is 17.1 Å². The van der Waals surface area contributed by atoms with Gasteiger partial charge >= 0.3 is 0 Å².